The number of carbonyl (C=O) groups excluding carboxylic acids is 2. The molecule has 3 aromatic carbocycles. The molecule has 1 N–H and O–H groups in total. The number of nitrogens with one attached hydrogen (secondary N) is 1. The lowest BCUT2D eigenvalue weighted by Gasteiger charge is -2.18. The van der Waals surface area contributed by atoms with Crippen LogP contribution in [-0.2, 0) is 20.3 Å². The fourth-order valence-electron chi connectivity index (χ4n) is 3.62. The third kappa shape index (κ3) is 4.53. The van der Waals surface area contributed by atoms with Gasteiger partial charge in [-0.3, -0.25) is 9.00 Å². The van der Waals surface area contributed by atoms with Crippen LogP contribution in [0.5, 0.6) is 0 Å². The van der Waals surface area contributed by atoms with Gasteiger partial charge in [-0.1, -0.05) is 54.6 Å². The van der Waals surface area contributed by atoms with Crippen LogP contribution in [0, 0.1) is 0 Å². The van der Waals surface area contributed by atoms with Crippen molar-refractivity contribution in [1.82, 2.24) is 10.3 Å². The van der Waals surface area contributed by atoms with Gasteiger partial charge in [0.05, 0.1) is 34.5 Å². The van der Waals surface area contributed by atoms with Gasteiger partial charge >= 0.3 is 5.97 Å². The summed E-state index contributed by atoms with van der Waals surface area (Å²) in [5, 5.41) is 4.19. The topological polar surface area (TPSA) is 85.4 Å². The molecule has 32 heavy (non-hydrogen) atoms. The van der Waals surface area contributed by atoms with Crippen LogP contribution in [0.15, 0.2) is 83.8 Å². The van der Waals surface area contributed by atoms with Crippen molar-refractivity contribution < 1.29 is 18.5 Å². The van der Waals surface area contributed by atoms with Crippen LogP contribution in [0.3, 0.4) is 0 Å². The van der Waals surface area contributed by atoms with E-state index in [0.29, 0.717) is 32.3 Å². The lowest BCUT2D eigenvalue weighted by molar-refractivity contribution is -0.142. The minimum Gasteiger partial charge on any atom is -0.467 e. The Morgan fingerprint density at radius 2 is 1.47 bits per heavy atom. The van der Waals surface area contributed by atoms with Gasteiger partial charge in [-0.25, -0.2) is 9.78 Å². The second-order valence-corrected chi connectivity index (χ2v) is 8.79. The zero-order chi connectivity index (χ0) is 22.5. The molecule has 0 spiro atoms. The SMILES string of the molecule is COC(=O)[C@H](CC[S@](=O)c1ccccc1)NC(=O)c1c2ccccc2nc2ccccc12. The summed E-state index contributed by atoms with van der Waals surface area (Å²) in [4.78, 5) is 31.1. The van der Waals surface area contributed by atoms with Gasteiger partial charge in [-0.15, -0.1) is 0 Å². The summed E-state index contributed by atoms with van der Waals surface area (Å²) in [6.45, 7) is 0. The molecule has 0 fully saturated rings. The van der Waals surface area contributed by atoms with Crippen molar-refractivity contribution in [3.63, 3.8) is 0 Å². The molecule has 0 aliphatic heterocycles. The first-order valence-electron chi connectivity index (χ1n) is 10.2. The quantitative estimate of drug-likeness (QED) is 0.344. The number of fused-ring (bicyclic) bond motifs is 2. The van der Waals surface area contributed by atoms with Crippen molar-refractivity contribution in [2.45, 2.75) is 17.4 Å². The van der Waals surface area contributed by atoms with Crippen molar-refractivity contribution >= 4 is 44.5 Å². The normalized spacial score (nSPS) is 12.9. The number of pyridine rings is 1. The van der Waals surface area contributed by atoms with Gasteiger partial charge in [0.15, 0.2) is 0 Å². The molecule has 4 rings (SSSR count). The standard InChI is InChI=1S/C25H22N2O4S/c1-31-25(29)22(15-16-32(30)17-9-3-2-4-10-17)27-24(28)23-18-11-5-7-13-20(18)26-21-14-8-6-12-19(21)23/h2-14,22H,15-16H2,1H3,(H,27,28)/t22-,32-/m0/s1. The zero-order valence-corrected chi connectivity index (χ0v) is 18.3. The van der Waals surface area contributed by atoms with Crippen LogP contribution >= 0.6 is 0 Å². The first kappa shape index (κ1) is 21.6. The second kappa shape index (κ2) is 9.70. The van der Waals surface area contributed by atoms with Gasteiger partial charge in [0, 0.05) is 21.4 Å². The highest BCUT2D eigenvalue weighted by molar-refractivity contribution is 7.85. The molecule has 0 saturated carbocycles. The summed E-state index contributed by atoms with van der Waals surface area (Å²) in [7, 11) is -0.0247. The van der Waals surface area contributed by atoms with Gasteiger partial charge in [0.2, 0.25) is 0 Å². The number of ether oxygens (including phenoxy) is 1. The maximum atomic E-state index is 13.4. The summed E-state index contributed by atoms with van der Waals surface area (Å²) < 4.78 is 17.5. The number of aromatic nitrogens is 1. The number of amides is 1. The Bertz CT molecular complexity index is 1250. The van der Waals surface area contributed by atoms with Gasteiger partial charge in [0.25, 0.3) is 5.91 Å². The molecule has 1 amide bonds. The Balaban J connectivity index is 1.63. The number of hydrogen-bond acceptors (Lipinski definition) is 5. The van der Waals surface area contributed by atoms with E-state index in [-0.39, 0.29) is 12.2 Å². The summed E-state index contributed by atoms with van der Waals surface area (Å²) in [5.74, 6) is -0.770. The molecule has 0 bridgehead atoms. The number of hydrogen-bond donors (Lipinski definition) is 1. The van der Waals surface area contributed by atoms with Crippen LogP contribution in [-0.4, -0.2) is 40.0 Å². The summed E-state index contributed by atoms with van der Waals surface area (Å²) in [5.41, 5.74) is 1.83. The number of methoxy groups -OCH3 is 1. The number of benzene rings is 3. The van der Waals surface area contributed by atoms with Crippen LogP contribution < -0.4 is 5.32 Å². The lowest BCUT2D eigenvalue weighted by Crippen LogP contribution is -2.42. The molecular weight excluding hydrogens is 424 g/mol. The second-order valence-electron chi connectivity index (χ2n) is 7.22. The molecule has 0 aliphatic rings. The van der Waals surface area contributed by atoms with Crippen molar-refractivity contribution in [2.24, 2.45) is 0 Å². The van der Waals surface area contributed by atoms with Gasteiger partial charge < -0.3 is 10.1 Å². The summed E-state index contributed by atoms with van der Waals surface area (Å²) in [6.07, 6.45) is 0.181. The van der Waals surface area contributed by atoms with Crippen LogP contribution in [0.2, 0.25) is 0 Å². The Labute approximate surface area is 188 Å². The van der Waals surface area contributed by atoms with E-state index in [4.69, 9.17) is 4.74 Å². The molecule has 4 aromatic rings. The largest absolute Gasteiger partial charge is 0.467 e. The highest BCUT2D eigenvalue weighted by Gasteiger charge is 2.25. The van der Waals surface area contributed by atoms with Crippen LogP contribution in [0.4, 0.5) is 0 Å². The molecule has 162 valence electrons. The van der Waals surface area contributed by atoms with Gasteiger partial charge in [-0.05, 0) is 30.7 Å². The number of rotatable bonds is 7. The van der Waals surface area contributed by atoms with Crippen LogP contribution in [0.25, 0.3) is 21.8 Å². The minimum atomic E-state index is -1.30. The first-order valence-corrected chi connectivity index (χ1v) is 11.5. The Hall–Kier alpha value is -3.58. The van der Waals surface area contributed by atoms with Gasteiger partial charge in [0.1, 0.15) is 6.04 Å². The molecule has 2 atom stereocenters. The first-order chi connectivity index (χ1) is 15.6. The molecule has 0 radical (unpaired) electrons. The van der Waals surface area contributed by atoms with E-state index in [1.165, 1.54) is 7.11 Å². The minimum absolute atomic E-state index is 0.181. The predicted octanol–water partition coefficient (Wildman–Crippen LogP) is 3.86. The fourth-order valence-corrected chi connectivity index (χ4v) is 4.77. The van der Waals surface area contributed by atoms with Crippen molar-refractivity contribution in [3.05, 3.63) is 84.4 Å². The number of esters is 1. The Kier molecular flexibility index (Phi) is 6.56. The molecule has 0 unspecified atom stereocenters. The Morgan fingerprint density at radius 1 is 0.906 bits per heavy atom. The van der Waals surface area contributed by atoms with Crippen molar-refractivity contribution in [2.75, 3.05) is 12.9 Å². The maximum absolute atomic E-state index is 13.4. The summed E-state index contributed by atoms with van der Waals surface area (Å²) in [6, 6.07) is 22.9. The van der Waals surface area contributed by atoms with E-state index < -0.39 is 28.7 Å². The monoisotopic (exact) mass is 446 g/mol. The molecule has 0 aliphatic carbocycles. The number of carbonyl (C=O) groups is 2. The summed E-state index contributed by atoms with van der Waals surface area (Å²) >= 11 is 0. The van der Waals surface area contributed by atoms with E-state index >= 15 is 0 Å². The van der Waals surface area contributed by atoms with Crippen molar-refractivity contribution in [3.8, 4) is 0 Å². The zero-order valence-electron chi connectivity index (χ0n) is 17.5. The van der Waals surface area contributed by atoms with E-state index in [9.17, 15) is 13.8 Å². The fraction of sp³-hybridized carbons (Fsp3) is 0.160. The van der Waals surface area contributed by atoms with Crippen molar-refractivity contribution in [1.29, 1.82) is 0 Å². The van der Waals surface area contributed by atoms with E-state index in [0.717, 1.165) is 0 Å². The van der Waals surface area contributed by atoms with Gasteiger partial charge in [-0.2, -0.15) is 0 Å². The van der Waals surface area contributed by atoms with E-state index in [1.54, 1.807) is 12.1 Å². The third-order valence-electron chi connectivity index (χ3n) is 5.20. The third-order valence-corrected chi connectivity index (χ3v) is 6.61. The molecule has 7 heteroatoms. The smallest absolute Gasteiger partial charge is 0.328 e. The molecule has 0 saturated heterocycles. The van der Waals surface area contributed by atoms with E-state index in [1.807, 2.05) is 66.7 Å². The average Bonchev–Trinajstić information content (AvgIpc) is 2.84. The highest BCUT2D eigenvalue weighted by Crippen LogP contribution is 2.26. The molecular formula is C25H22N2O4S. The maximum Gasteiger partial charge on any atom is 0.328 e. The molecule has 6 nitrogen and oxygen atoms in total. The van der Waals surface area contributed by atoms with E-state index in [2.05, 4.69) is 10.3 Å². The Morgan fingerprint density at radius 3 is 2.06 bits per heavy atom. The highest BCUT2D eigenvalue weighted by atomic mass is 32.2. The number of nitrogens with zero attached hydrogens (tertiary/aromatic N) is 1. The predicted molar refractivity (Wildman–Crippen MR) is 125 cm³/mol. The molecule has 1 heterocycles. The average molecular weight is 447 g/mol. The number of para-hydroxylation sites is 2. The molecule has 1 aromatic heterocycles. The van der Waals surface area contributed by atoms with Crippen LogP contribution in [0.1, 0.15) is 16.8 Å². The lowest BCUT2D eigenvalue weighted by atomic mass is 10.0.